The van der Waals surface area contributed by atoms with Crippen LogP contribution in [0.4, 0.5) is 0 Å². The van der Waals surface area contributed by atoms with Gasteiger partial charge in [-0.15, -0.1) is 11.3 Å². The van der Waals surface area contributed by atoms with Gasteiger partial charge in [-0.05, 0) is 43.0 Å². The Kier molecular flexibility index (Phi) is 4.30. The summed E-state index contributed by atoms with van der Waals surface area (Å²) in [6.07, 6.45) is 5.29. The van der Waals surface area contributed by atoms with Crippen LogP contribution in [0.1, 0.15) is 30.6 Å². The van der Waals surface area contributed by atoms with Gasteiger partial charge in [0.05, 0.1) is 0 Å². The molecular weight excluding hydrogens is 280 g/mol. The predicted molar refractivity (Wildman–Crippen MR) is 86.7 cm³/mol. The second-order valence-electron chi connectivity index (χ2n) is 6.81. The molecule has 21 heavy (non-hydrogen) atoms. The minimum Gasteiger partial charge on any atom is -0.381 e. The molecule has 3 fully saturated rings. The first kappa shape index (κ1) is 14.2. The molecule has 3 saturated heterocycles. The Balaban J connectivity index is 1.34. The van der Waals surface area contributed by atoms with E-state index in [1.54, 1.807) is 0 Å². The Morgan fingerprint density at radius 2 is 1.81 bits per heavy atom. The van der Waals surface area contributed by atoms with Crippen molar-refractivity contribution in [3.63, 3.8) is 0 Å². The van der Waals surface area contributed by atoms with E-state index in [0.29, 0.717) is 0 Å². The highest BCUT2D eigenvalue weighted by atomic mass is 32.1. The summed E-state index contributed by atoms with van der Waals surface area (Å²) in [5, 5.41) is 2.20. The Bertz CT molecular complexity index is 444. The molecule has 0 radical (unpaired) electrons. The molecule has 0 amide bonds. The summed E-state index contributed by atoms with van der Waals surface area (Å²) in [6, 6.07) is 6.10. The lowest BCUT2D eigenvalue weighted by Gasteiger charge is -2.30. The number of hydrogen-bond acceptors (Lipinski definition) is 4. The average Bonchev–Trinajstić information content (AvgIpc) is 3.21. The third-order valence-electron chi connectivity index (χ3n) is 5.58. The maximum Gasteiger partial charge on any atom is 0.0469 e. The summed E-state index contributed by atoms with van der Waals surface area (Å²) in [5.74, 6) is 0.879. The number of hydrogen-bond donors (Lipinski definition) is 0. The zero-order valence-corrected chi connectivity index (χ0v) is 13.6. The Morgan fingerprint density at radius 3 is 2.57 bits per heavy atom. The SMILES string of the molecule is c1csc(CN2CC[C@H]3[C@H]2CCN3CC2CCOCC2)c1. The van der Waals surface area contributed by atoms with E-state index >= 15 is 0 Å². The van der Waals surface area contributed by atoms with Gasteiger partial charge in [-0.3, -0.25) is 9.80 Å². The van der Waals surface area contributed by atoms with Crippen molar-refractivity contribution in [2.24, 2.45) is 5.92 Å². The van der Waals surface area contributed by atoms with E-state index in [1.165, 1.54) is 56.7 Å². The molecule has 0 saturated carbocycles. The molecule has 3 aliphatic rings. The maximum atomic E-state index is 5.50. The molecule has 0 unspecified atom stereocenters. The first-order valence-electron chi connectivity index (χ1n) is 8.48. The summed E-state index contributed by atoms with van der Waals surface area (Å²) in [4.78, 5) is 7.06. The number of rotatable bonds is 4. The molecule has 0 aromatic carbocycles. The third-order valence-corrected chi connectivity index (χ3v) is 6.44. The second kappa shape index (κ2) is 6.37. The molecule has 4 heterocycles. The van der Waals surface area contributed by atoms with Crippen LogP contribution in [-0.4, -0.2) is 54.7 Å². The predicted octanol–water partition coefficient (Wildman–Crippen LogP) is 2.82. The zero-order chi connectivity index (χ0) is 14.1. The Labute approximate surface area is 131 Å². The van der Waals surface area contributed by atoms with E-state index in [0.717, 1.165) is 31.2 Å². The van der Waals surface area contributed by atoms with Crippen molar-refractivity contribution >= 4 is 11.3 Å². The van der Waals surface area contributed by atoms with Crippen LogP contribution in [0.25, 0.3) is 0 Å². The first-order chi connectivity index (χ1) is 10.4. The zero-order valence-electron chi connectivity index (χ0n) is 12.7. The Hall–Kier alpha value is -0.420. The fourth-order valence-electron chi connectivity index (χ4n) is 4.45. The molecule has 3 nitrogen and oxygen atoms in total. The van der Waals surface area contributed by atoms with Gasteiger partial charge >= 0.3 is 0 Å². The van der Waals surface area contributed by atoms with Crippen molar-refractivity contribution < 1.29 is 4.74 Å². The molecule has 1 aromatic heterocycles. The van der Waals surface area contributed by atoms with Crippen molar-refractivity contribution in [3.8, 4) is 0 Å². The molecular formula is C17H26N2OS. The summed E-state index contributed by atoms with van der Waals surface area (Å²) in [6.45, 7) is 7.06. The van der Waals surface area contributed by atoms with Crippen molar-refractivity contribution in [2.75, 3.05) is 32.8 Å². The quantitative estimate of drug-likeness (QED) is 0.851. The molecule has 4 heteroatoms. The van der Waals surface area contributed by atoms with Crippen molar-refractivity contribution in [1.29, 1.82) is 0 Å². The lowest BCUT2D eigenvalue weighted by molar-refractivity contribution is 0.0504. The van der Waals surface area contributed by atoms with Gasteiger partial charge in [0, 0.05) is 56.4 Å². The van der Waals surface area contributed by atoms with Crippen LogP contribution in [0.5, 0.6) is 0 Å². The Morgan fingerprint density at radius 1 is 1.05 bits per heavy atom. The normalized spacial score (nSPS) is 31.8. The fourth-order valence-corrected chi connectivity index (χ4v) is 5.18. The third kappa shape index (κ3) is 3.04. The van der Waals surface area contributed by atoms with Crippen molar-refractivity contribution in [3.05, 3.63) is 22.4 Å². The highest BCUT2D eigenvalue weighted by Gasteiger charge is 2.42. The topological polar surface area (TPSA) is 15.7 Å². The monoisotopic (exact) mass is 306 g/mol. The van der Waals surface area contributed by atoms with Crippen LogP contribution in [0.15, 0.2) is 17.5 Å². The van der Waals surface area contributed by atoms with Crippen LogP contribution in [0, 0.1) is 5.92 Å². The second-order valence-corrected chi connectivity index (χ2v) is 7.84. The van der Waals surface area contributed by atoms with Gasteiger partial charge in [-0.1, -0.05) is 6.07 Å². The lowest BCUT2D eigenvalue weighted by atomic mass is 9.99. The fraction of sp³-hybridized carbons (Fsp3) is 0.765. The van der Waals surface area contributed by atoms with E-state index in [2.05, 4.69) is 27.3 Å². The number of thiophene rings is 1. The molecule has 0 N–H and O–H groups in total. The van der Waals surface area contributed by atoms with Crippen LogP contribution in [-0.2, 0) is 11.3 Å². The minimum atomic E-state index is 0.812. The molecule has 1 aromatic rings. The summed E-state index contributed by atoms with van der Waals surface area (Å²) >= 11 is 1.90. The van der Waals surface area contributed by atoms with E-state index < -0.39 is 0 Å². The van der Waals surface area contributed by atoms with Crippen molar-refractivity contribution in [1.82, 2.24) is 9.80 Å². The largest absolute Gasteiger partial charge is 0.381 e. The van der Waals surface area contributed by atoms with Crippen LogP contribution in [0.2, 0.25) is 0 Å². The van der Waals surface area contributed by atoms with Gasteiger partial charge < -0.3 is 4.74 Å². The number of ether oxygens (including phenoxy) is 1. The maximum absolute atomic E-state index is 5.50. The van der Waals surface area contributed by atoms with Gasteiger partial charge in [0.25, 0.3) is 0 Å². The summed E-state index contributed by atoms with van der Waals surface area (Å²) in [7, 11) is 0. The van der Waals surface area contributed by atoms with Gasteiger partial charge in [-0.2, -0.15) is 0 Å². The molecule has 0 aliphatic carbocycles. The summed E-state index contributed by atoms with van der Waals surface area (Å²) < 4.78 is 5.50. The molecule has 0 bridgehead atoms. The number of likely N-dealkylation sites (tertiary alicyclic amines) is 2. The molecule has 0 spiro atoms. The van der Waals surface area contributed by atoms with E-state index in [9.17, 15) is 0 Å². The molecule has 116 valence electrons. The lowest BCUT2D eigenvalue weighted by Crippen LogP contribution is -2.39. The van der Waals surface area contributed by atoms with Crippen LogP contribution in [0.3, 0.4) is 0 Å². The number of fused-ring (bicyclic) bond motifs is 1. The van der Waals surface area contributed by atoms with Gasteiger partial charge in [-0.25, -0.2) is 0 Å². The average molecular weight is 306 g/mol. The van der Waals surface area contributed by atoms with Gasteiger partial charge in [0.1, 0.15) is 0 Å². The van der Waals surface area contributed by atoms with E-state index in [1.807, 2.05) is 11.3 Å². The van der Waals surface area contributed by atoms with Gasteiger partial charge in [0.2, 0.25) is 0 Å². The standard InChI is InChI=1S/C17H26N2OS/c1-2-15(21-11-1)13-19-8-4-16-17(19)3-7-18(16)12-14-5-9-20-10-6-14/h1-2,11,14,16-17H,3-10,12-13H2/t16-,17+/m0/s1. The number of nitrogens with zero attached hydrogens (tertiary/aromatic N) is 2. The van der Waals surface area contributed by atoms with E-state index in [4.69, 9.17) is 4.74 Å². The highest BCUT2D eigenvalue weighted by Crippen LogP contribution is 2.34. The van der Waals surface area contributed by atoms with Gasteiger partial charge in [0.15, 0.2) is 0 Å². The minimum absolute atomic E-state index is 0.812. The molecule has 4 rings (SSSR count). The summed E-state index contributed by atoms with van der Waals surface area (Å²) in [5.41, 5.74) is 0. The smallest absolute Gasteiger partial charge is 0.0469 e. The highest BCUT2D eigenvalue weighted by molar-refractivity contribution is 7.09. The molecule has 3 aliphatic heterocycles. The molecule has 2 atom stereocenters. The van der Waals surface area contributed by atoms with Crippen LogP contribution < -0.4 is 0 Å². The first-order valence-corrected chi connectivity index (χ1v) is 9.36. The van der Waals surface area contributed by atoms with E-state index in [-0.39, 0.29) is 0 Å². The van der Waals surface area contributed by atoms with Crippen LogP contribution >= 0.6 is 11.3 Å². The van der Waals surface area contributed by atoms with Crippen molar-refractivity contribution in [2.45, 2.75) is 44.3 Å².